The molecular weight excluding hydrogens is 342 g/mol. The van der Waals surface area contributed by atoms with E-state index in [1.807, 2.05) is 0 Å². The van der Waals surface area contributed by atoms with E-state index in [2.05, 4.69) is 14.9 Å². The summed E-state index contributed by atoms with van der Waals surface area (Å²) in [5.74, 6) is 0.210. The number of aromatic nitrogens is 3. The molecule has 1 aromatic carbocycles. The lowest BCUT2D eigenvalue weighted by atomic mass is 10.1. The number of carbonyl (C=O) groups excluding carboxylic acids is 1. The van der Waals surface area contributed by atoms with Gasteiger partial charge in [0.2, 0.25) is 10.0 Å². The Labute approximate surface area is 139 Å². The number of rotatable bonds is 5. The molecule has 10 heteroatoms. The molecule has 0 spiro atoms. The molecule has 0 atom stereocenters. The summed E-state index contributed by atoms with van der Waals surface area (Å²) in [5, 5.41) is 7.99. The van der Waals surface area contributed by atoms with E-state index < -0.39 is 10.0 Å². The lowest BCUT2D eigenvalue weighted by Crippen LogP contribution is -2.28. The minimum Gasteiger partial charge on any atom is -0.334 e. The van der Waals surface area contributed by atoms with Crippen molar-refractivity contribution in [3.8, 4) is 0 Å². The molecule has 124 valence electrons. The van der Waals surface area contributed by atoms with E-state index in [0.29, 0.717) is 10.8 Å². The van der Waals surface area contributed by atoms with Gasteiger partial charge in [-0.3, -0.25) is 9.52 Å². The number of nitrogens with one attached hydrogen (secondary N) is 1. The van der Waals surface area contributed by atoms with Gasteiger partial charge in [-0.1, -0.05) is 11.6 Å². The Morgan fingerprint density at radius 2 is 2.13 bits per heavy atom. The molecule has 1 amide bonds. The maximum atomic E-state index is 12.6. The van der Waals surface area contributed by atoms with Gasteiger partial charge in [-0.25, -0.2) is 8.42 Å². The van der Waals surface area contributed by atoms with Crippen molar-refractivity contribution in [2.75, 3.05) is 18.0 Å². The van der Waals surface area contributed by atoms with E-state index in [-0.39, 0.29) is 23.7 Å². The fraction of sp³-hybridized carbons (Fsp3) is 0.308. The molecule has 0 radical (unpaired) electrons. The highest BCUT2D eigenvalue weighted by atomic mass is 35.5. The number of hydrogen-bond donors (Lipinski definition) is 1. The Bertz CT molecular complexity index is 834. The van der Waals surface area contributed by atoms with Crippen molar-refractivity contribution in [2.24, 2.45) is 7.05 Å². The molecule has 1 heterocycles. The molecule has 0 fully saturated rings. The maximum absolute atomic E-state index is 12.6. The number of amides is 1. The van der Waals surface area contributed by atoms with Crippen LogP contribution in [-0.2, 0) is 23.6 Å². The summed E-state index contributed by atoms with van der Waals surface area (Å²) in [5.41, 5.74) is 0.333. The summed E-state index contributed by atoms with van der Waals surface area (Å²) in [4.78, 5) is 14.0. The van der Waals surface area contributed by atoms with Crippen LogP contribution in [0.25, 0.3) is 0 Å². The fourth-order valence-electron chi connectivity index (χ4n) is 1.92. The first-order valence-corrected chi connectivity index (χ1v) is 8.80. The number of aryl methyl sites for hydroxylation is 1. The van der Waals surface area contributed by atoms with Crippen LogP contribution in [0.3, 0.4) is 0 Å². The summed E-state index contributed by atoms with van der Waals surface area (Å²) in [6, 6.07) is 4.38. The molecule has 23 heavy (non-hydrogen) atoms. The number of carbonyl (C=O) groups is 1. The molecule has 0 aliphatic heterocycles. The van der Waals surface area contributed by atoms with Crippen molar-refractivity contribution < 1.29 is 13.2 Å². The fourth-order valence-corrected chi connectivity index (χ4v) is 2.67. The number of anilines is 1. The van der Waals surface area contributed by atoms with Crippen LogP contribution in [-0.4, -0.2) is 47.3 Å². The third-order valence-electron chi connectivity index (χ3n) is 3.04. The lowest BCUT2D eigenvalue weighted by Gasteiger charge is -2.19. The van der Waals surface area contributed by atoms with Crippen LogP contribution in [0.1, 0.15) is 16.2 Å². The molecule has 2 rings (SSSR count). The zero-order valence-electron chi connectivity index (χ0n) is 12.8. The van der Waals surface area contributed by atoms with Crippen LogP contribution in [0.5, 0.6) is 0 Å². The maximum Gasteiger partial charge on any atom is 0.256 e. The number of benzene rings is 1. The van der Waals surface area contributed by atoms with Crippen molar-refractivity contribution in [2.45, 2.75) is 6.54 Å². The van der Waals surface area contributed by atoms with Gasteiger partial charge in [-0.05, 0) is 18.2 Å². The van der Waals surface area contributed by atoms with Gasteiger partial charge < -0.3 is 9.47 Å². The second-order valence-corrected chi connectivity index (χ2v) is 7.27. The number of sulfonamides is 1. The summed E-state index contributed by atoms with van der Waals surface area (Å²) in [6.45, 7) is 0.222. The van der Waals surface area contributed by atoms with Crippen LogP contribution in [0.15, 0.2) is 24.5 Å². The predicted octanol–water partition coefficient (Wildman–Crippen LogP) is 1.11. The second kappa shape index (κ2) is 6.55. The van der Waals surface area contributed by atoms with Crippen LogP contribution in [0.2, 0.25) is 5.02 Å². The monoisotopic (exact) mass is 357 g/mol. The van der Waals surface area contributed by atoms with Gasteiger partial charge in [0.05, 0.1) is 24.1 Å². The van der Waals surface area contributed by atoms with Gasteiger partial charge in [0.25, 0.3) is 5.91 Å². The third kappa shape index (κ3) is 4.42. The van der Waals surface area contributed by atoms with Crippen molar-refractivity contribution >= 4 is 33.2 Å². The Balaban J connectivity index is 2.30. The smallest absolute Gasteiger partial charge is 0.256 e. The molecule has 0 saturated carbocycles. The second-order valence-electron chi connectivity index (χ2n) is 5.08. The summed E-state index contributed by atoms with van der Waals surface area (Å²) in [6.07, 6.45) is 2.54. The molecule has 0 aliphatic carbocycles. The number of hydrogen-bond acceptors (Lipinski definition) is 5. The predicted molar refractivity (Wildman–Crippen MR) is 86.7 cm³/mol. The van der Waals surface area contributed by atoms with Crippen LogP contribution in [0.4, 0.5) is 5.69 Å². The Hall–Kier alpha value is -2.13. The van der Waals surface area contributed by atoms with Gasteiger partial charge in [0.15, 0.2) is 5.82 Å². The van der Waals surface area contributed by atoms with Crippen molar-refractivity contribution in [3.05, 3.63) is 40.9 Å². The Kier molecular flexibility index (Phi) is 4.90. The SMILES string of the molecule is CN(Cc1nncn1C)C(=O)c1cc(Cl)ccc1NS(C)(=O)=O. The first-order valence-electron chi connectivity index (χ1n) is 6.53. The van der Waals surface area contributed by atoms with Crippen LogP contribution in [0, 0.1) is 0 Å². The highest BCUT2D eigenvalue weighted by Gasteiger charge is 2.19. The van der Waals surface area contributed by atoms with Crippen molar-refractivity contribution in [1.82, 2.24) is 19.7 Å². The topological polar surface area (TPSA) is 97.2 Å². The van der Waals surface area contributed by atoms with Crippen LogP contribution >= 0.6 is 11.6 Å². The lowest BCUT2D eigenvalue weighted by molar-refractivity contribution is 0.0781. The molecule has 0 aliphatic rings. The molecular formula is C13H16ClN5O3S. The molecule has 2 aromatic rings. The highest BCUT2D eigenvalue weighted by Crippen LogP contribution is 2.23. The molecule has 0 unspecified atom stereocenters. The van der Waals surface area contributed by atoms with E-state index in [4.69, 9.17) is 11.6 Å². The first kappa shape index (κ1) is 17.2. The molecule has 1 aromatic heterocycles. The normalized spacial score (nSPS) is 11.3. The average Bonchev–Trinajstić information content (AvgIpc) is 2.84. The Morgan fingerprint density at radius 3 is 2.70 bits per heavy atom. The minimum atomic E-state index is -3.52. The minimum absolute atomic E-state index is 0.160. The van der Waals surface area contributed by atoms with Gasteiger partial charge in [-0.15, -0.1) is 10.2 Å². The third-order valence-corrected chi connectivity index (χ3v) is 3.86. The van der Waals surface area contributed by atoms with E-state index >= 15 is 0 Å². The quantitative estimate of drug-likeness (QED) is 0.864. The molecule has 0 saturated heterocycles. The van der Waals surface area contributed by atoms with Gasteiger partial charge in [0.1, 0.15) is 6.33 Å². The van der Waals surface area contributed by atoms with Crippen LogP contribution < -0.4 is 4.72 Å². The van der Waals surface area contributed by atoms with E-state index in [9.17, 15) is 13.2 Å². The largest absolute Gasteiger partial charge is 0.334 e. The number of halogens is 1. The van der Waals surface area contributed by atoms with E-state index in [0.717, 1.165) is 6.26 Å². The zero-order chi connectivity index (χ0) is 17.2. The van der Waals surface area contributed by atoms with Gasteiger partial charge in [-0.2, -0.15) is 0 Å². The summed E-state index contributed by atoms with van der Waals surface area (Å²) in [7, 11) is -0.166. The van der Waals surface area contributed by atoms with Crippen molar-refractivity contribution in [1.29, 1.82) is 0 Å². The molecule has 1 N–H and O–H groups in total. The molecule has 0 bridgehead atoms. The standard InChI is InChI=1S/C13H16ClN5O3S/c1-18(7-12-16-15-8-19(12)2)13(20)10-6-9(14)4-5-11(10)17-23(3,21)22/h4-6,8,17H,7H2,1-3H3. The van der Waals surface area contributed by atoms with Crippen molar-refractivity contribution in [3.63, 3.8) is 0 Å². The number of nitrogens with zero attached hydrogens (tertiary/aromatic N) is 4. The zero-order valence-corrected chi connectivity index (χ0v) is 14.4. The first-order chi connectivity index (χ1) is 10.7. The van der Waals surface area contributed by atoms with Gasteiger partial charge >= 0.3 is 0 Å². The molecule has 8 nitrogen and oxygen atoms in total. The van der Waals surface area contributed by atoms with E-state index in [1.165, 1.54) is 29.4 Å². The summed E-state index contributed by atoms with van der Waals surface area (Å²) >= 11 is 5.93. The Morgan fingerprint density at radius 1 is 1.43 bits per heavy atom. The van der Waals surface area contributed by atoms with Gasteiger partial charge in [0, 0.05) is 19.1 Å². The van der Waals surface area contributed by atoms with E-state index in [1.54, 1.807) is 18.7 Å². The highest BCUT2D eigenvalue weighted by molar-refractivity contribution is 7.92. The summed E-state index contributed by atoms with van der Waals surface area (Å²) < 4.78 is 26.9. The average molecular weight is 358 g/mol.